The van der Waals surface area contributed by atoms with Crippen LogP contribution in [0.2, 0.25) is 0 Å². The second kappa shape index (κ2) is 8.02. The van der Waals surface area contributed by atoms with Crippen LogP contribution in [0.1, 0.15) is 41.7 Å². The minimum absolute atomic E-state index is 0.0321. The molecule has 2 aromatic heterocycles. The number of aromatic nitrogens is 1. The van der Waals surface area contributed by atoms with Gasteiger partial charge in [-0.1, -0.05) is 6.08 Å². The molecule has 0 spiro atoms. The third-order valence-electron chi connectivity index (χ3n) is 6.49. The zero-order valence-corrected chi connectivity index (χ0v) is 19.0. The van der Waals surface area contributed by atoms with Gasteiger partial charge in [-0.2, -0.15) is 5.26 Å². The molecule has 8 nitrogen and oxygen atoms in total. The maximum absolute atomic E-state index is 15.6. The average molecular weight is 471 g/mol. The monoisotopic (exact) mass is 470 g/mol. The van der Waals surface area contributed by atoms with Gasteiger partial charge in [-0.3, -0.25) is 15.1 Å². The Labute approximate surface area is 192 Å². The molecule has 4 N–H and O–H groups in total. The van der Waals surface area contributed by atoms with Crippen molar-refractivity contribution >= 4 is 32.5 Å². The largest absolute Gasteiger partial charge is 0.505 e. The molecule has 2 aliphatic rings. The number of hydroxylamine groups is 1. The zero-order chi connectivity index (χ0) is 23.4. The summed E-state index contributed by atoms with van der Waals surface area (Å²) in [5.74, 6) is -0.986. The van der Waals surface area contributed by atoms with Gasteiger partial charge in [-0.05, 0) is 25.3 Å². The van der Waals surface area contributed by atoms with E-state index >= 15 is 4.39 Å². The standard InChI is InChI=1S/C23H23FN4O4S/c1-31-22-17(10-5-11(8-25)15(6-10)27-32-2)14(24)7-13-19(22)28(12-3-4-12)23-18(20(13)29)21(30)16(9-26)33-23/h6-7,10-12,27,30H,3-5,8,25H2,1-2H3. The fourth-order valence-electron chi connectivity index (χ4n) is 4.89. The van der Waals surface area contributed by atoms with Crippen LogP contribution in [0.15, 0.2) is 22.6 Å². The molecule has 3 aromatic rings. The molecule has 0 aliphatic heterocycles. The number of nitrogens with zero attached hydrogens (tertiary/aromatic N) is 2. The molecule has 5 rings (SSSR count). The van der Waals surface area contributed by atoms with Crippen molar-refractivity contribution in [2.24, 2.45) is 11.7 Å². The van der Waals surface area contributed by atoms with E-state index in [2.05, 4.69) is 5.48 Å². The van der Waals surface area contributed by atoms with Gasteiger partial charge in [-0.25, -0.2) is 4.39 Å². The van der Waals surface area contributed by atoms with Crippen molar-refractivity contribution in [2.45, 2.75) is 31.2 Å². The Morgan fingerprint density at radius 2 is 2.18 bits per heavy atom. The number of allylic oxidation sites excluding steroid dienone is 1. The number of nitriles is 1. The summed E-state index contributed by atoms with van der Waals surface area (Å²) in [6, 6.07) is 3.25. The van der Waals surface area contributed by atoms with Gasteiger partial charge in [0.1, 0.15) is 32.7 Å². The number of rotatable bonds is 6. The molecular weight excluding hydrogens is 447 g/mol. The van der Waals surface area contributed by atoms with Gasteiger partial charge >= 0.3 is 0 Å². The number of hydrogen-bond donors (Lipinski definition) is 3. The number of nitrogens with one attached hydrogen (secondary N) is 1. The first-order valence-electron chi connectivity index (χ1n) is 10.7. The highest BCUT2D eigenvalue weighted by atomic mass is 32.1. The third kappa shape index (κ3) is 3.19. The minimum Gasteiger partial charge on any atom is -0.505 e. The fourth-order valence-corrected chi connectivity index (χ4v) is 5.96. The highest BCUT2D eigenvalue weighted by Gasteiger charge is 2.36. The van der Waals surface area contributed by atoms with Gasteiger partial charge in [-0.15, -0.1) is 11.3 Å². The summed E-state index contributed by atoms with van der Waals surface area (Å²) >= 11 is 1.07. The fraction of sp³-hybridized carbons (Fsp3) is 0.391. The van der Waals surface area contributed by atoms with Crippen LogP contribution in [0.3, 0.4) is 0 Å². The van der Waals surface area contributed by atoms with Gasteiger partial charge < -0.3 is 20.1 Å². The lowest BCUT2D eigenvalue weighted by Gasteiger charge is -2.21. The van der Waals surface area contributed by atoms with Crippen molar-refractivity contribution in [1.82, 2.24) is 10.0 Å². The molecule has 33 heavy (non-hydrogen) atoms. The van der Waals surface area contributed by atoms with E-state index in [4.69, 9.17) is 15.3 Å². The number of aromatic hydroxyl groups is 1. The van der Waals surface area contributed by atoms with E-state index in [0.717, 1.165) is 29.9 Å². The molecule has 1 fully saturated rings. The van der Waals surface area contributed by atoms with Crippen LogP contribution in [0.5, 0.6) is 11.5 Å². The molecule has 0 bridgehead atoms. The van der Waals surface area contributed by atoms with Crippen LogP contribution in [-0.4, -0.2) is 30.4 Å². The molecule has 1 aromatic carbocycles. The Bertz CT molecular complexity index is 1420. The molecule has 2 aliphatic carbocycles. The first-order chi connectivity index (χ1) is 15.9. The highest BCUT2D eigenvalue weighted by Crippen LogP contribution is 2.49. The maximum atomic E-state index is 15.6. The first kappa shape index (κ1) is 21.7. The van der Waals surface area contributed by atoms with Crippen LogP contribution in [0, 0.1) is 23.1 Å². The van der Waals surface area contributed by atoms with Crippen LogP contribution in [-0.2, 0) is 4.84 Å². The summed E-state index contributed by atoms with van der Waals surface area (Å²) in [6.45, 7) is 0.370. The average Bonchev–Trinajstić information content (AvgIpc) is 3.48. The molecule has 2 heterocycles. The Kier molecular flexibility index (Phi) is 5.28. The summed E-state index contributed by atoms with van der Waals surface area (Å²) < 4.78 is 23.3. The van der Waals surface area contributed by atoms with E-state index in [1.165, 1.54) is 20.3 Å². The summed E-state index contributed by atoms with van der Waals surface area (Å²) in [7, 11) is 2.97. The molecule has 0 saturated heterocycles. The second-order valence-corrected chi connectivity index (χ2v) is 9.41. The molecule has 0 amide bonds. The third-order valence-corrected chi connectivity index (χ3v) is 7.57. The first-order valence-corrected chi connectivity index (χ1v) is 11.5. The number of thiophene rings is 1. The summed E-state index contributed by atoms with van der Waals surface area (Å²) in [5.41, 5.74) is 9.87. The molecule has 0 radical (unpaired) electrons. The van der Waals surface area contributed by atoms with Crippen molar-refractivity contribution in [3.05, 3.63) is 44.3 Å². The van der Waals surface area contributed by atoms with Crippen LogP contribution >= 0.6 is 11.3 Å². The lowest BCUT2D eigenvalue weighted by Crippen LogP contribution is -2.22. The lowest BCUT2D eigenvalue weighted by molar-refractivity contribution is 0.110. The minimum atomic E-state index is -0.566. The number of fused-ring (bicyclic) bond motifs is 2. The maximum Gasteiger partial charge on any atom is 0.202 e. The topological polar surface area (TPSA) is 123 Å². The van der Waals surface area contributed by atoms with Gasteiger partial charge in [0.15, 0.2) is 5.75 Å². The smallest absolute Gasteiger partial charge is 0.202 e. The number of pyridine rings is 1. The van der Waals surface area contributed by atoms with E-state index in [1.54, 1.807) is 0 Å². The van der Waals surface area contributed by atoms with Gasteiger partial charge in [0.2, 0.25) is 5.43 Å². The van der Waals surface area contributed by atoms with Crippen molar-refractivity contribution < 1.29 is 19.1 Å². The second-order valence-electron chi connectivity index (χ2n) is 8.41. The predicted octanol–water partition coefficient (Wildman–Crippen LogP) is 3.37. The highest BCUT2D eigenvalue weighted by molar-refractivity contribution is 7.19. The normalized spacial score (nSPS) is 20.3. The van der Waals surface area contributed by atoms with Crippen LogP contribution in [0.25, 0.3) is 21.1 Å². The lowest BCUT2D eigenvalue weighted by atomic mass is 9.92. The number of halogens is 1. The SMILES string of the molecule is CONC1=CC(c2c(F)cc3c(=O)c4c(O)c(C#N)sc4n(C4CC4)c3c2OC)CC1CN. The quantitative estimate of drug-likeness (QED) is 0.472. The van der Waals surface area contributed by atoms with Gasteiger partial charge in [0.05, 0.1) is 25.1 Å². The molecule has 2 atom stereocenters. The van der Waals surface area contributed by atoms with E-state index in [-0.39, 0.29) is 45.0 Å². The summed E-state index contributed by atoms with van der Waals surface area (Å²) in [5, 5.41) is 20.1. The van der Waals surface area contributed by atoms with E-state index in [9.17, 15) is 15.2 Å². The van der Waals surface area contributed by atoms with E-state index in [0.29, 0.717) is 28.9 Å². The van der Waals surface area contributed by atoms with Crippen molar-refractivity contribution in [3.63, 3.8) is 0 Å². The molecule has 10 heteroatoms. The van der Waals surface area contributed by atoms with E-state index < -0.39 is 11.2 Å². The predicted molar refractivity (Wildman–Crippen MR) is 123 cm³/mol. The van der Waals surface area contributed by atoms with Crippen LogP contribution < -0.4 is 21.4 Å². The Hall–Kier alpha value is -3.13. The number of ether oxygens (including phenoxy) is 1. The summed E-state index contributed by atoms with van der Waals surface area (Å²) in [4.78, 5) is 19.0. The van der Waals surface area contributed by atoms with Crippen molar-refractivity contribution in [3.8, 4) is 17.6 Å². The summed E-state index contributed by atoms with van der Waals surface area (Å²) in [6.07, 6.45) is 4.21. The van der Waals surface area contributed by atoms with Gasteiger partial charge in [0.25, 0.3) is 0 Å². The number of nitrogens with two attached hydrogens (primary N) is 1. The molecule has 172 valence electrons. The van der Waals surface area contributed by atoms with E-state index in [1.807, 2.05) is 16.7 Å². The molecular formula is C23H23FN4O4S. The van der Waals surface area contributed by atoms with Gasteiger partial charge in [0, 0.05) is 35.7 Å². The van der Waals surface area contributed by atoms with Crippen molar-refractivity contribution in [2.75, 3.05) is 20.8 Å². The zero-order valence-electron chi connectivity index (χ0n) is 18.1. The Morgan fingerprint density at radius 1 is 1.42 bits per heavy atom. The number of hydrogen-bond acceptors (Lipinski definition) is 8. The number of methoxy groups -OCH3 is 1. The Morgan fingerprint density at radius 3 is 2.79 bits per heavy atom. The molecule has 2 unspecified atom stereocenters. The molecule has 1 saturated carbocycles. The van der Waals surface area contributed by atoms with Crippen LogP contribution in [0.4, 0.5) is 4.39 Å². The number of benzene rings is 1. The van der Waals surface area contributed by atoms with Crippen molar-refractivity contribution in [1.29, 1.82) is 5.26 Å². The Balaban J connectivity index is 1.85.